The van der Waals surface area contributed by atoms with Crippen molar-refractivity contribution in [2.45, 2.75) is 16.7 Å². The molecule has 0 radical (unpaired) electrons. The van der Waals surface area contributed by atoms with Crippen molar-refractivity contribution in [1.29, 1.82) is 0 Å². The van der Waals surface area contributed by atoms with Crippen molar-refractivity contribution in [2.24, 2.45) is 0 Å². The van der Waals surface area contributed by atoms with Gasteiger partial charge < -0.3 is 4.74 Å². The Bertz CT molecular complexity index is 1350. The summed E-state index contributed by atoms with van der Waals surface area (Å²) in [5, 5.41) is 10.8. The summed E-state index contributed by atoms with van der Waals surface area (Å²) in [6, 6.07) is 14.6. The lowest BCUT2D eigenvalue weighted by Crippen LogP contribution is -2.16. The van der Waals surface area contributed by atoms with Gasteiger partial charge in [-0.15, -0.1) is 0 Å². The van der Waals surface area contributed by atoms with Crippen LogP contribution in [0, 0.1) is 17.0 Å². The van der Waals surface area contributed by atoms with E-state index in [1.54, 1.807) is 19.1 Å². The standard InChI is InChI=1S/C20H19N3O7S2/c1-14-3-10-19(32(28,29)21-15-4-8-17(30-2)9-5-15)13-20(14)22-31(26,27)18-11-6-16(7-12-18)23(24)25/h3-13,21-22H,1-2H3. The molecule has 32 heavy (non-hydrogen) atoms. The van der Waals surface area contributed by atoms with Crippen LogP contribution >= 0.6 is 0 Å². The van der Waals surface area contributed by atoms with Crippen molar-refractivity contribution in [3.05, 3.63) is 82.4 Å². The highest BCUT2D eigenvalue weighted by Crippen LogP contribution is 2.26. The third-order valence-electron chi connectivity index (χ3n) is 4.46. The summed E-state index contributed by atoms with van der Waals surface area (Å²) in [6.45, 7) is 1.61. The molecule has 0 aliphatic heterocycles. The number of aryl methyl sites for hydroxylation is 1. The number of ether oxygens (including phenoxy) is 1. The molecule has 0 saturated carbocycles. The van der Waals surface area contributed by atoms with Crippen LogP contribution in [-0.2, 0) is 20.0 Å². The zero-order valence-electron chi connectivity index (χ0n) is 17.0. The smallest absolute Gasteiger partial charge is 0.269 e. The summed E-state index contributed by atoms with van der Waals surface area (Å²) in [6.07, 6.45) is 0. The zero-order chi connectivity index (χ0) is 23.5. The van der Waals surface area contributed by atoms with Crippen molar-refractivity contribution < 1.29 is 26.5 Å². The number of methoxy groups -OCH3 is 1. The average molecular weight is 478 g/mol. The monoisotopic (exact) mass is 477 g/mol. The van der Waals surface area contributed by atoms with Crippen molar-refractivity contribution in [3.8, 4) is 5.75 Å². The Balaban J connectivity index is 1.88. The molecule has 3 aromatic rings. The Kier molecular flexibility index (Phi) is 6.37. The van der Waals surface area contributed by atoms with Crippen molar-refractivity contribution >= 4 is 37.1 Å². The maximum Gasteiger partial charge on any atom is 0.269 e. The largest absolute Gasteiger partial charge is 0.497 e. The molecule has 0 atom stereocenters. The van der Waals surface area contributed by atoms with E-state index >= 15 is 0 Å². The summed E-state index contributed by atoms with van der Waals surface area (Å²) in [4.78, 5) is 9.77. The molecular formula is C20H19N3O7S2. The normalized spacial score (nSPS) is 11.6. The van der Waals surface area contributed by atoms with Crippen molar-refractivity contribution in [3.63, 3.8) is 0 Å². The second kappa shape index (κ2) is 8.85. The minimum atomic E-state index is -4.11. The molecule has 12 heteroatoms. The van der Waals surface area contributed by atoms with Gasteiger partial charge in [-0.3, -0.25) is 19.6 Å². The summed E-state index contributed by atoms with van der Waals surface area (Å²) in [5.41, 5.74) is 0.594. The minimum Gasteiger partial charge on any atom is -0.497 e. The predicted octanol–water partition coefficient (Wildman–Crippen LogP) is 3.51. The van der Waals surface area contributed by atoms with Gasteiger partial charge in [-0.1, -0.05) is 6.07 Å². The number of nitro benzene ring substituents is 1. The number of sulfonamides is 2. The van der Waals surface area contributed by atoms with Gasteiger partial charge in [0, 0.05) is 17.8 Å². The second-order valence-electron chi connectivity index (χ2n) is 6.67. The van der Waals surface area contributed by atoms with Crippen LogP contribution in [0.4, 0.5) is 17.1 Å². The van der Waals surface area contributed by atoms with Gasteiger partial charge in [0.05, 0.1) is 27.5 Å². The van der Waals surface area contributed by atoms with E-state index in [4.69, 9.17) is 4.74 Å². The summed E-state index contributed by atoms with van der Waals surface area (Å²) in [5.74, 6) is 0.561. The number of anilines is 2. The van der Waals surface area contributed by atoms with Crippen LogP contribution in [0.15, 0.2) is 76.5 Å². The molecule has 168 valence electrons. The Hall–Kier alpha value is -3.64. The second-order valence-corrected chi connectivity index (χ2v) is 10.0. The van der Waals surface area contributed by atoms with Gasteiger partial charge in [0.15, 0.2) is 0 Å². The molecule has 0 saturated heterocycles. The van der Waals surface area contributed by atoms with E-state index in [9.17, 15) is 26.9 Å². The first-order valence-electron chi connectivity index (χ1n) is 9.07. The lowest BCUT2D eigenvalue weighted by atomic mass is 10.2. The number of non-ortho nitro benzene ring substituents is 1. The number of benzene rings is 3. The number of hydrogen-bond acceptors (Lipinski definition) is 7. The van der Waals surface area contributed by atoms with Crippen LogP contribution in [0.25, 0.3) is 0 Å². The highest BCUT2D eigenvalue weighted by Gasteiger charge is 2.20. The third-order valence-corrected chi connectivity index (χ3v) is 7.22. The molecule has 2 N–H and O–H groups in total. The molecule has 3 rings (SSSR count). The van der Waals surface area contributed by atoms with Crippen LogP contribution in [0.1, 0.15) is 5.56 Å². The minimum absolute atomic E-state index is 0.0564. The molecule has 0 amide bonds. The predicted molar refractivity (Wildman–Crippen MR) is 119 cm³/mol. The van der Waals surface area contributed by atoms with Gasteiger partial charge >= 0.3 is 0 Å². The van der Waals surface area contributed by atoms with Gasteiger partial charge in [0.1, 0.15) is 5.75 Å². The van der Waals surface area contributed by atoms with Gasteiger partial charge in [-0.25, -0.2) is 16.8 Å². The van der Waals surface area contributed by atoms with E-state index in [0.717, 1.165) is 24.3 Å². The molecule has 3 aromatic carbocycles. The Labute approximate surface area is 185 Å². The first-order chi connectivity index (χ1) is 15.0. The topological polar surface area (TPSA) is 145 Å². The number of rotatable bonds is 8. The Morgan fingerprint density at radius 1 is 0.812 bits per heavy atom. The molecule has 0 unspecified atom stereocenters. The quantitative estimate of drug-likeness (QED) is 0.373. The average Bonchev–Trinajstić information content (AvgIpc) is 2.75. The molecule has 0 aromatic heterocycles. The summed E-state index contributed by atoms with van der Waals surface area (Å²) in [7, 11) is -6.63. The van der Waals surface area contributed by atoms with Crippen molar-refractivity contribution in [1.82, 2.24) is 0 Å². The molecular weight excluding hydrogens is 458 g/mol. The van der Waals surface area contributed by atoms with E-state index in [0.29, 0.717) is 17.0 Å². The third kappa shape index (κ3) is 5.15. The molecule has 0 bridgehead atoms. The fourth-order valence-corrected chi connectivity index (χ4v) is 4.91. The number of hydrogen-bond donors (Lipinski definition) is 2. The fourth-order valence-electron chi connectivity index (χ4n) is 2.70. The molecule has 0 fully saturated rings. The SMILES string of the molecule is COc1ccc(NS(=O)(=O)c2ccc(C)c(NS(=O)(=O)c3ccc([N+](=O)[O-])cc3)c2)cc1. The van der Waals surface area contributed by atoms with Gasteiger partial charge in [-0.2, -0.15) is 0 Å². The maximum absolute atomic E-state index is 12.8. The van der Waals surface area contributed by atoms with Crippen molar-refractivity contribution in [2.75, 3.05) is 16.6 Å². The Morgan fingerprint density at radius 2 is 1.38 bits per heavy atom. The molecule has 0 aliphatic carbocycles. The summed E-state index contributed by atoms with van der Waals surface area (Å²) < 4.78 is 60.7. The number of nitro groups is 1. The first kappa shape index (κ1) is 23.0. The highest BCUT2D eigenvalue weighted by atomic mass is 32.2. The van der Waals surface area contributed by atoms with Gasteiger partial charge in [-0.05, 0) is 61.0 Å². The van der Waals surface area contributed by atoms with E-state index in [1.165, 1.54) is 37.4 Å². The first-order valence-corrected chi connectivity index (χ1v) is 12.0. The molecule has 0 heterocycles. The molecule has 10 nitrogen and oxygen atoms in total. The van der Waals surface area contributed by atoms with E-state index in [2.05, 4.69) is 9.44 Å². The van der Waals surface area contributed by atoms with Crippen LogP contribution in [-0.4, -0.2) is 28.9 Å². The zero-order valence-corrected chi connectivity index (χ0v) is 18.6. The van der Waals surface area contributed by atoms with E-state index < -0.39 is 25.0 Å². The van der Waals surface area contributed by atoms with Crippen LogP contribution in [0.3, 0.4) is 0 Å². The van der Waals surface area contributed by atoms with Crippen LogP contribution in [0.5, 0.6) is 5.75 Å². The number of nitrogens with one attached hydrogen (secondary N) is 2. The highest BCUT2D eigenvalue weighted by molar-refractivity contribution is 7.93. The van der Waals surface area contributed by atoms with Gasteiger partial charge in [0.25, 0.3) is 25.7 Å². The molecule has 0 aliphatic rings. The lowest BCUT2D eigenvalue weighted by Gasteiger charge is -2.14. The maximum atomic E-state index is 12.8. The summed E-state index contributed by atoms with van der Waals surface area (Å²) >= 11 is 0. The van der Waals surface area contributed by atoms with E-state index in [1.807, 2.05) is 0 Å². The Morgan fingerprint density at radius 3 is 1.94 bits per heavy atom. The van der Waals surface area contributed by atoms with Crippen LogP contribution < -0.4 is 14.2 Å². The van der Waals surface area contributed by atoms with Gasteiger partial charge in [0.2, 0.25) is 0 Å². The van der Waals surface area contributed by atoms with E-state index in [-0.39, 0.29) is 21.2 Å². The lowest BCUT2D eigenvalue weighted by molar-refractivity contribution is -0.384. The molecule has 0 spiro atoms. The van der Waals surface area contributed by atoms with Crippen LogP contribution in [0.2, 0.25) is 0 Å². The fraction of sp³-hybridized carbons (Fsp3) is 0.100. The number of nitrogens with zero attached hydrogens (tertiary/aromatic N) is 1.